The van der Waals surface area contributed by atoms with Gasteiger partial charge in [-0.3, -0.25) is 9.59 Å². The van der Waals surface area contributed by atoms with Gasteiger partial charge in [-0.05, 0) is 60.2 Å². The zero-order valence-electron chi connectivity index (χ0n) is 22.7. The molecule has 0 saturated carbocycles. The van der Waals surface area contributed by atoms with E-state index in [0.717, 1.165) is 11.6 Å². The molecule has 43 heavy (non-hydrogen) atoms. The number of phenolic OH excluding ortho intramolecular Hbond substituents is 4. The second-order valence-corrected chi connectivity index (χ2v) is 9.19. The Morgan fingerprint density at radius 1 is 0.651 bits per heavy atom. The van der Waals surface area contributed by atoms with E-state index in [0.29, 0.717) is 16.7 Å². The second kappa shape index (κ2) is 11.4. The maximum Gasteiger partial charge on any atom is 0.235 e. The molecule has 0 aliphatic rings. The molecule has 6 rings (SSSR count). The zero-order chi connectivity index (χ0) is 30.8. The summed E-state index contributed by atoms with van der Waals surface area (Å²) in [5.74, 6) is -0.821. The third kappa shape index (κ3) is 5.34. The Bertz CT molecular complexity index is 2090. The molecule has 0 aliphatic carbocycles. The van der Waals surface area contributed by atoms with E-state index in [4.69, 9.17) is 18.3 Å². The van der Waals surface area contributed by atoms with Crippen LogP contribution in [0.3, 0.4) is 0 Å². The standard InChI is InChI=1S/C17H14O5.C15H10O6/c1-20-11-5-3-10(4-6-11)13-9-22-16-12(15(13)19)7-8-14(18)17(16)21-2;16-8-2-3-9-12(6-8)21-15(14(20)13(9)19)7-1-4-10(17)11(18)5-7/h3-9,18H,1-2H3;1-6,16-18,20H. The van der Waals surface area contributed by atoms with Crippen LogP contribution in [0.1, 0.15) is 0 Å². The molecule has 0 spiro atoms. The highest BCUT2D eigenvalue weighted by atomic mass is 16.5. The van der Waals surface area contributed by atoms with Gasteiger partial charge < -0.3 is 43.8 Å². The summed E-state index contributed by atoms with van der Waals surface area (Å²) in [7, 11) is 2.99. The van der Waals surface area contributed by atoms with Crippen LogP contribution < -0.4 is 20.3 Å². The van der Waals surface area contributed by atoms with Crippen molar-refractivity contribution in [2.24, 2.45) is 0 Å². The van der Waals surface area contributed by atoms with Crippen molar-refractivity contribution >= 4 is 21.9 Å². The maximum atomic E-state index is 12.6. The van der Waals surface area contributed by atoms with E-state index in [-0.39, 0.29) is 56.3 Å². The van der Waals surface area contributed by atoms with Gasteiger partial charge >= 0.3 is 0 Å². The van der Waals surface area contributed by atoms with Crippen molar-refractivity contribution in [2.75, 3.05) is 14.2 Å². The van der Waals surface area contributed by atoms with Crippen molar-refractivity contribution in [3.63, 3.8) is 0 Å². The van der Waals surface area contributed by atoms with Gasteiger partial charge in [-0.1, -0.05) is 12.1 Å². The fourth-order valence-electron chi connectivity index (χ4n) is 4.36. The molecule has 2 aromatic heterocycles. The first kappa shape index (κ1) is 28.4. The average Bonchev–Trinajstić information content (AvgIpc) is 3.01. The largest absolute Gasteiger partial charge is 0.508 e. The molecule has 4 aromatic carbocycles. The van der Waals surface area contributed by atoms with Crippen LogP contribution in [0.2, 0.25) is 0 Å². The third-order valence-corrected chi connectivity index (χ3v) is 6.57. The lowest BCUT2D eigenvalue weighted by atomic mass is 10.1. The number of benzene rings is 4. The van der Waals surface area contributed by atoms with Crippen molar-refractivity contribution < 1.29 is 43.8 Å². The molecule has 0 aliphatic heterocycles. The predicted molar refractivity (Wildman–Crippen MR) is 157 cm³/mol. The van der Waals surface area contributed by atoms with E-state index in [9.17, 15) is 35.1 Å². The smallest absolute Gasteiger partial charge is 0.235 e. The van der Waals surface area contributed by atoms with Crippen molar-refractivity contribution in [1.29, 1.82) is 0 Å². The number of hydrogen-bond acceptors (Lipinski definition) is 11. The molecule has 0 unspecified atom stereocenters. The lowest BCUT2D eigenvalue weighted by molar-refractivity contribution is 0.370. The highest BCUT2D eigenvalue weighted by Crippen LogP contribution is 2.36. The van der Waals surface area contributed by atoms with Gasteiger partial charge in [0.25, 0.3) is 0 Å². The number of hydrogen-bond donors (Lipinski definition) is 5. The highest BCUT2D eigenvalue weighted by Gasteiger charge is 2.17. The monoisotopic (exact) mass is 584 g/mol. The summed E-state index contributed by atoms with van der Waals surface area (Å²) in [6, 6.07) is 17.7. The molecule has 0 atom stereocenters. The van der Waals surface area contributed by atoms with Crippen LogP contribution in [0.4, 0.5) is 0 Å². The van der Waals surface area contributed by atoms with Gasteiger partial charge in [0.2, 0.25) is 22.4 Å². The Balaban J connectivity index is 0.000000171. The van der Waals surface area contributed by atoms with E-state index >= 15 is 0 Å². The third-order valence-electron chi connectivity index (χ3n) is 6.57. The lowest BCUT2D eigenvalue weighted by Crippen LogP contribution is -2.05. The van der Waals surface area contributed by atoms with Gasteiger partial charge in [0.15, 0.2) is 28.6 Å². The number of aromatic hydroxyl groups is 5. The topological polar surface area (TPSA) is 180 Å². The lowest BCUT2D eigenvalue weighted by Gasteiger charge is -2.08. The average molecular weight is 585 g/mol. The Morgan fingerprint density at radius 3 is 2.00 bits per heavy atom. The number of rotatable bonds is 4. The van der Waals surface area contributed by atoms with Crippen LogP contribution in [0.15, 0.2) is 97.5 Å². The van der Waals surface area contributed by atoms with Crippen LogP contribution in [0.5, 0.6) is 40.2 Å². The molecule has 0 saturated heterocycles. The molecule has 0 bridgehead atoms. The van der Waals surface area contributed by atoms with Gasteiger partial charge in [-0.2, -0.15) is 0 Å². The van der Waals surface area contributed by atoms with Gasteiger partial charge in [0.05, 0.1) is 30.6 Å². The minimum Gasteiger partial charge on any atom is -0.508 e. The quantitative estimate of drug-likeness (QED) is 0.166. The summed E-state index contributed by atoms with van der Waals surface area (Å²) in [4.78, 5) is 24.7. The van der Waals surface area contributed by atoms with Crippen LogP contribution in [0.25, 0.3) is 44.4 Å². The fourth-order valence-corrected chi connectivity index (χ4v) is 4.36. The summed E-state index contributed by atoms with van der Waals surface area (Å²) >= 11 is 0. The van der Waals surface area contributed by atoms with Gasteiger partial charge in [0.1, 0.15) is 23.3 Å². The summed E-state index contributed by atoms with van der Waals surface area (Å²) in [6.07, 6.45) is 1.37. The Morgan fingerprint density at radius 2 is 1.33 bits per heavy atom. The molecule has 5 N–H and O–H groups in total. The van der Waals surface area contributed by atoms with E-state index in [2.05, 4.69) is 0 Å². The number of fused-ring (bicyclic) bond motifs is 2. The van der Waals surface area contributed by atoms with Gasteiger partial charge in [-0.15, -0.1) is 0 Å². The van der Waals surface area contributed by atoms with Crippen LogP contribution >= 0.6 is 0 Å². The Hall–Kier alpha value is -6.10. The van der Waals surface area contributed by atoms with Gasteiger partial charge in [0, 0.05) is 11.6 Å². The van der Waals surface area contributed by atoms with Crippen molar-refractivity contribution in [3.05, 3.63) is 99.5 Å². The molecular formula is C32H24O11. The van der Waals surface area contributed by atoms with Crippen molar-refractivity contribution in [3.8, 4) is 62.7 Å². The van der Waals surface area contributed by atoms with Gasteiger partial charge in [-0.25, -0.2) is 0 Å². The van der Waals surface area contributed by atoms with Crippen LogP contribution in [0, 0.1) is 0 Å². The first-order valence-electron chi connectivity index (χ1n) is 12.6. The fraction of sp³-hybridized carbons (Fsp3) is 0.0625. The number of methoxy groups -OCH3 is 2. The minimum atomic E-state index is -0.654. The Kier molecular flexibility index (Phi) is 7.55. The summed E-state index contributed by atoms with van der Waals surface area (Å²) in [5.41, 5.74) is 0.852. The number of ether oxygens (including phenoxy) is 2. The molecular weight excluding hydrogens is 560 g/mol. The van der Waals surface area contributed by atoms with Crippen LogP contribution in [-0.4, -0.2) is 39.8 Å². The molecule has 0 amide bonds. The Labute approximate surface area is 242 Å². The van der Waals surface area contributed by atoms with E-state index in [1.807, 2.05) is 0 Å². The second-order valence-electron chi connectivity index (χ2n) is 9.19. The van der Waals surface area contributed by atoms with Crippen molar-refractivity contribution in [1.82, 2.24) is 0 Å². The SMILES string of the molecule is COc1ccc(-c2coc3c(OC)c(O)ccc3c2=O)cc1.O=c1c(O)c(-c2ccc(O)c(O)c2)oc2cc(O)ccc12. The zero-order valence-corrected chi connectivity index (χ0v) is 22.7. The van der Waals surface area contributed by atoms with E-state index in [1.54, 1.807) is 31.4 Å². The molecule has 218 valence electrons. The molecule has 11 nitrogen and oxygen atoms in total. The predicted octanol–water partition coefficient (Wildman–Crippen LogP) is 5.47. The first-order chi connectivity index (χ1) is 20.6. The molecule has 0 radical (unpaired) electrons. The number of phenols is 4. The normalized spacial score (nSPS) is 10.7. The van der Waals surface area contributed by atoms with Crippen molar-refractivity contribution in [2.45, 2.75) is 0 Å². The first-order valence-corrected chi connectivity index (χ1v) is 12.6. The highest BCUT2D eigenvalue weighted by molar-refractivity contribution is 5.88. The molecule has 6 aromatic rings. The summed E-state index contributed by atoms with van der Waals surface area (Å²) in [5, 5.41) is 48.4. The minimum absolute atomic E-state index is 0.0738. The molecule has 0 fully saturated rings. The van der Waals surface area contributed by atoms with E-state index in [1.165, 1.54) is 55.8 Å². The van der Waals surface area contributed by atoms with Crippen LogP contribution in [-0.2, 0) is 0 Å². The summed E-state index contributed by atoms with van der Waals surface area (Å²) < 4.78 is 21.1. The molecule has 11 heteroatoms. The maximum absolute atomic E-state index is 12.6. The molecule has 2 heterocycles. The summed E-state index contributed by atoms with van der Waals surface area (Å²) in [6.45, 7) is 0. The van der Waals surface area contributed by atoms with E-state index < -0.39 is 16.9 Å².